The molecule has 114 valence electrons. The summed E-state index contributed by atoms with van der Waals surface area (Å²) in [5.41, 5.74) is 1.35. The number of hydrogen-bond acceptors (Lipinski definition) is 4. The van der Waals surface area contributed by atoms with Gasteiger partial charge in [-0.05, 0) is 24.9 Å². The number of rotatable bonds is 4. The molecule has 2 heterocycles. The highest BCUT2D eigenvalue weighted by molar-refractivity contribution is 7.99. The molecule has 2 aliphatic heterocycles. The van der Waals surface area contributed by atoms with Crippen LogP contribution in [0.1, 0.15) is 18.4 Å². The molecule has 21 heavy (non-hydrogen) atoms. The Labute approximate surface area is 130 Å². The Kier molecular flexibility index (Phi) is 5.17. The predicted molar refractivity (Wildman–Crippen MR) is 87.1 cm³/mol. The van der Waals surface area contributed by atoms with Gasteiger partial charge in [0.05, 0.1) is 6.04 Å². The summed E-state index contributed by atoms with van der Waals surface area (Å²) in [5, 5.41) is 6.45. The molecule has 0 saturated carbocycles. The summed E-state index contributed by atoms with van der Waals surface area (Å²) in [6.07, 6.45) is 2.25. The lowest BCUT2D eigenvalue weighted by Crippen LogP contribution is -2.52. The standard InChI is InChI=1S/C16H23N3OS/c20-16(15-11-21-12-17-15)18-14-7-4-8-19(10-14)9-13-5-2-1-3-6-13/h1-3,5-6,14-15,17H,4,7-12H2,(H,18,20). The molecular formula is C16H23N3OS. The van der Waals surface area contributed by atoms with E-state index < -0.39 is 0 Å². The number of benzene rings is 1. The fourth-order valence-corrected chi connectivity index (χ4v) is 3.97. The first-order chi connectivity index (χ1) is 10.3. The second-order valence-electron chi connectivity index (χ2n) is 5.84. The van der Waals surface area contributed by atoms with Crippen LogP contribution >= 0.6 is 11.8 Å². The third-order valence-electron chi connectivity index (χ3n) is 4.13. The van der Waals surface area contributed by atoms with Crippen molar-refractivity contribution in [2.24, 2.45) is 0 Å². The highest BCUT2D eigenvalue weighted by Crippen LogP contribution is 2.15. The zero-order valence-corrected chi connectivity index (χ0v) is 13.1. The first-order valence-electron chi connectivity index (χ1n) is 7.69. The van der Waals surface area contributed by atoms with Crippen molar-refractivity contribution in [3.8, 4) is 0 Å². The number of carbonyl (C=O) groups excluding carboxylic acids is 1. The quantitative estimate of drug-likeness (QED) is 0.883. The van der Waals surface area contributed by atoms with E-state index >= 15 is 0 Å². The minimum Gasteiger partial charge on any atom is -0.351 e. The molecule has 2 unspecified atom stereocenters. The minimum absolute atomic E-state index is 0.000463. The molecule has 2 fully saturated rings. The van der Waals surface area contributed by atoms with Crippen molar-refractivity contribution in [2.45, 2.75) is 31.5 Å². The van der Waals surface area contributed by atoms with Crippen LogP contribution in [-0.4, -0.2) is 47.6 Å². The molecule has 0 radical (unpaired) electrons. The zero-order valence-electron chi connectivity index (χ0n) is 12.3. The van der Waals surface area contributed by atoms with E-state index in [1.165, 1.54) is 5.56 Å². The van der Waals surface area contributed by atoms with Crippen LogP contribution in [0, 0.1) is 0 Å². The SMILES string of the molecule is O=C(NC1CCCN(Cc2ccccc2)C1)C1CSCN1. The average molecular weight is 305 g/mol. The fourth-order valence-electron chi connectivity index (χ4n) is 3.02. The second-order valence-corrected chi connectivity index (χ2v) is 6.87. The highest BCUT2D eigenvalue weighted by Gasteiger charge is 2.27. The Bertz CT molecular complexity index is 462. The molecule has 1 aromatic rings. The number of nitrogens with one attached hydrogen (secondary N) is 2. The molecule has 0 bridgehead atoms. The molecule has 4 nitrogen and oxygen atoms in total. The van der Waals surface area contributed by atoms with E-state index in [2.05, 4.69) is 45.9 Å². The van der Waals surface area contributed by atoms with E-state index in [0.717, 1.165) is 44.1 Å². The van der Waals surface area contributed by atoms with Crippen molar-refractivity contribution in [3.63, 3.8) is 0 Å². The summed E-state index contributed by atoms with van der Waals surface area (Å²) in [4.78, 5) is 14.6. The molecule has 2 saturated heterocycles. The molecule has 2 atom stereocenters. The van der Waals surface area contributed by atoms with Gasteiger partial charge in [-0.15, -0.1) is 11.8 Å². The number of nitrogens with zero attached hydrogens (tertiary/aromatic N) is 1. The van der Waals surface area contributed by atoms with Crippen molar-refractivity contribution in [3.05, 3.63) is 35.9 Å². The monoisotopic (exact) mass is 305 g/mol. The number of amides is 1. The summed E-state index contributed by atoms with van der Waals surface area (Å²) in [6.45, 7) is 3.06. The maximum atomic E-state index is 12.2. The van der Waals surface area contributed by atoms with Crippen molar-refractivity contribution in [2.75, 3.05) is 24.7 Å². The zero-order chi connectivity index (χ0) is 14.5. The van der Waals surface area contributed by atoms with Gasteiger partial charge >= 0.3 is 0 Å². The third kappa shape index (κ3) is 4.22. The van der Waals surface area contributed by atoms with Gasteiger partial charge in [0.25, 0.3) is 0 Å². The van der Waals surface area contributed by atoms with Crippen LogP contribution in [0.25, 0.3) is 0 Å². The van der Waals surface area contributed by atoms with Gasteiger partial charge in [-0.25, -0.2) is 0 Å². The lowest BCUT2D eigenvalue weighted by Gasteiger charge is -2.33. The summed E-state index contributed by atoms with van der Waals surface area (Å²) < 4.78 is 0. The molecular weight excluding hydrogens is 282 g/mol. The van der Waals surface area contributed by atoms with Gasteiger partial charge in [0.1, 0.15) is 0 Å². The van der Waals surface area contributed by atoms with Crippen LogP contribution in [0.3, 0.4) is 0 Å². The Hall–Kier alpha value is -1.04. The number of piperidine rings is 1. The van der Waals surface area contributed by atoms with Gasteiger partial charge < -0.3 is 5.32 Å². The Balaban J connectivity index is 1.49. The molecule has 5 heteroatoms. The first kappa shape index (κ1) is 14.9. The largest absolute Gasteiger partial charge is 0.351 e. The van der Waals surface area contributed by atoms with E-state index in [1.54, 1.807) is 11.8 Å². The van der Waals surface area contributed by atoms with E-state index in [9.17, 15) is 4.79 Å². The second kappa shape index (κ2) is 7.29. The number of likely N-dealkylation sites (tertiary alicyclic amines) is 1. The van der Waals surface area contributed by atoms with E-state index in [0.29, 0.717) is 6.04 Å². The summed E-state index contributed by atoms with van der Waals surface area (Å²) in [7, 11) is 0. The smallest absolute Gasteiger partial charge is 0.238 e. The van der Waals surface area contributed by atoms with E-state index in [-0.39, 0.29) is 11.9 Å². The first-order valence-corrected chi connectivity index (χ1v) is 8.84. The normalized spacial score (nSPS) is 26.7. The van der Waals surface area contributed by atoms with Gasteiger partial charge in [-0.2, -0.15) is 0 Å². The molecule has 2 N–H and O–H groups in total. The van der Waals surface area contributed by atoms with Gasteiger partial charge in [0.15, 0.2) is 0 Å². The Morgan fingerprint density at radius 2 is 2.24 bits per heavy atom. The van der Waals surface area contributed by atoms with Crippen molar-refractivity contribution in [1.82, 2.24) is 15.5 Å². The molecule has 0 aromatic heterocycles. The Morgan fingerprint density at radius 3 is 3.00 bits per heavy atom. The van der Waals surface area contributed by atoms with Crippen LogP contribution in [0.5, 0.6) is 0 Å². The van der Waals surface area contributed by atoms with Crippen LogP contribution in [0.2, 0.25) is 0 Å². The third-order valence-corrected chi connectivity index (χ3v) is 5.07. The minimum atomic E-state index is -0.000463. The highest BCUT2D eigenvalue weighted by atomic mass is 32.2. The van der Waals surface area contributed by atoms with Gasteiger partial charge in [0.2, 0.25) is 5.91 Å². The van der Waals surface area contributed by atoms with E-state index in [1.807, 2.05) is 0 Å². The van der Waals surface area contributed by atoms with Gasteiger partial charge in [-0.3, -0.25) is 15.0 Å². The molecule has 2 aliphatic rings. The molecule has 0 aliphatic carbocycles. The fraction of sp³-hybridized carbons (Fsp3) is 0.562. The lowest BCUT2D eigenvalue weighted by molar-refractivity contribution is -0.123. The van der Waals surface area contributed by atoms with Gasteiger partial charge in [-0.1, -0.05) is 30.3 Å². The molecule has 1 amide bonds. The van der Waals surface area contributed by atoms with Crippen LogP contribution < -0.4 is 10.6 Å². The summed E-state index contributed by atoms with van der Waals surface area (Å²) in [6, 6.07) is 10.9. The van der Waals surface area contributed by atoms with Crippen molar-refractivity contribution < 1.29 is 4.79 Å². The molecule has 1 aromatic carbocycles. The van der Waals surface area contributed by atoms with E-state index in [4.69, 9.17) is 0 Å². The molecule has 0 spiro atoms. The Morgan fingerprint density at radius 1 is 1.38 bits per heavy atom. The topological polar surface area (TPSA) is 44.4 Å². The number of thioether (sulfide) groups is 1. The van der Waals surface area contributed by atoms with Crippen LogP contribution in [0.15, 0.2) is 30.3 Å². The van der Waals surface area contributed by atoms with Crippen LogP contribution in [0.4, 0.5) is 0 Å². The average Bonchev–Trinajstić information content (AvgIpc) is 3.03. The predicted octanol–water partition coefficient (Wildman–Crippen LogP) is 1.43. The van der Waals surface area contributed by atoms with Crippen molar-refractivity contribution in [1.29, 1.82) is 0 Å². The van der Waals surface area contributed by atoms with Gasteiger partial charge in [0, 0.05) is 30.8 Å². The number of carbonyl (C=O) groups is 1. The maximum absolute atomic E-state index is 12.2. The summed E-state index contributed by atoms with van der Waals surface area (Å²) in [5.74, 6) is 1.96. The summed E-state index contributed by atoms with van der Waals surface area (Å²) >= 11 is 1.79. The number of hydrogen-bond donors (Lipinski definition) is 2. The van der Waals surface area contributed by atoms with Crippen molar-refractivity contribution >= 4 is 17.7 Å². The molecule has 3 rings (SSSR count). The lowest BCUT2D eigenvalue weighted by atomic mass is 10.0. The van der Waals surface area contributed by atoms with Crippen LogP contribution in [-0.2, 0) is 11.3 Å². The maximum Gasteiger partial charge on any atom is 0.238 e.